The molecule has 9 nitrogen and oxygen atoms in total. The van der Waals surface area contributed by atoms with Crippen molar-refractivity contribution in [2.75, 3.05) is 69.3 Å². The maximum Gasteiger partial charge on any atom is 0.252 e. The second-order valence-corrected chi connectivity index (χ2v) is 9.70. The molecule has 1 aromatic carbocycles. The lowest BCUT2D eigenvalue weighted by atomic mass is 10.1. The van der Waals surface area contributed by atoms with Crippen LogP contribution in [-0.2, 0) is 11.3 Å². The topological polar surface area (TPSA) is 85.0 Å². The summed E-state index contributed by atoms with van der Waals surface area (Å²) in [6, 6.07) is 9.77. The fourth-order valence-electron chi connectivity index (χ4n) is 4.95. The molecule has 0 unspecified atom stereocenters. The molecule has 0 spiro atoms. The van der Waals surface area contributed by atoms with Crippen LogP contribution in [0.3, 0.4) is 0 Å². The number of rotatable bonds is 10. The van der Waals surface area contributed by atoms with E-state index in [1.54, 1.807) is 13.2 Å². The van der Waals surface area contributed by atoms with Crippen LogP contribution in [0.4, 0.5) is 11.6 Å². The number of nitrogens with zero attached hydrogens (tertiary/aromatic N) is 5. The first-order valence-corrected chi connectivity index (χ1v) is 13.3. The predicted molar refractivity (Wildman–Crippen MR) is 143 cm³/mol. The first-order valence-electron chi connectivity index (χ1n) is 13.3. The standard InChI is InChI=1S/C27H40N6O3/c1-3-4-5-6-10-26(35)32-15-17-33(18-16-32)27-28-22(19-25(34)29-27)21-30-11-13-31(14-12-30)23-8-7-9-24(20-23)36-2/h7-9,19-20H,3-6,10-18,21H2,1-2H3,(H,28,29,34). The van der Waals surface area contributed by atoms with Gasteiger partial charge in [0.15, 0.2) is 0 Å². The van der Waals surface area contributed by atoms with E-state index in [0.29, 0.717) is 45.1 Å². The highest BCUT2D eigenvalue weighted by Gasteiger charge is 2.23. The Kier molecular flexibility index (Phi) is 9.22. The summed E-state index contributed by atoms with van der Waals surface area (Å²) >= 11 is 0. The van der Waals surface area contributed by atoms with Crippen molar-refractivity contribution in [2.45, 2.75) is 45.6 Å². The lowest BCUT2D eigenvalue weighted by Crippen LogP contribution is -2.49. The van der Waals surface area contributed by atoms with Crippen LogP contribution >= 0.6 is 0 Å². The van der Waals surface area contributed by atoms with Crippen molar-refractivity contribution in [2.24, 2.45) is 0 Å². The Bertz CT molecular complexity index is 1040. The van der Waals surface area contributed by atoms with Gasteiger partial charge in [-0.25, -0.2) is 4.98 Å². The first kappa shape index (κ1) is 26.0. The fourth-order valence-corrected chi connectivity index (χ4v) is 4.95. The van der Waals surface area contributed by atoms with Crippen molar-refractivity contribution >= 4 is 17.5 Å². The van der Waals surface area contributed by atoms with Gasteiger partial charge in [0.25, 0.3) is 5.56 Å². The zero-order valence-electron chi connectivity index (χ0n) is 21.7. The number of H-pyrrole nitrogens is 1. The summed E-state index contributed by atoms with van der Waals surface area (Å²) < 4.78 is 5.36. The van der Waals surface area contributed by atoms with Crippen molar-refractivity contribution in [1.82, 2.24) is 19.8 Å². The number of ether oxygens (including phenoxy) is 1. The molecule has 2 aliphatic heterocycles. The normalized spacial score (nSPS) is 16.9. The second-order valence-electron chi connectivity index (χ2n) is 9.70. The molecule has 3 heterocycles. The van der Waals surface area contributed by atoms with Gasteiger partial charge in [0.05, 0.1) is 12.8 Å². The van der Waals surface area contributed by atoms with E-state index < -0.39 is 0 Å². The van der Waals surface area contributed by atoms with E-state index in [4.69, 9.17) is 9.72 Å². The van der Waals surface area contributed by atoms with Crippen LogP contribution in [0.1, 0.15) is 44.7 Å². The molecule has 9 heteroatoms. The maximum absolute atomic E-state index is 12.5. The fraction of sp³-hybridized carbons (Fsp3) is 0.593. The number of benzene rings is 1. The van der Waals surface area contributed by atoms with Crippen molar-refractivity contribution in [3.63, 3.8) is 0 Å². The van der Waals surface area contributed by atoms with Crippen LogP contribution < -0.4 is 20.1 Å². The summed E-state index contributed by atoms with van der Waals surface area (Å²) in [5.41, 5.74) is 1.83. The highest BCUT2D eigenvalue weighted by molar-refractivity contribution is 5.76. The zero-order valence-corrected chi connectivity index (χ0v) is 21.7. The van der Waals surface area contributed by atoms with E-state index in [2.05, 4.69) is 38.7 Å². The van der Waals surface area contributed by atoms with Crippen LogP contribution in [0.2, 0.25) is 0 Å². The average molecular weight is 497 g/mol. The molecule has 0 bridgehead atoms. The Morgan fingerprint density at radius 3 is 2.44 bits per heavy atom. The number of carbonyl (C=O) groups excluding carboxylic acids is 1. The number of carbonyl (C=O) groups is 1. The molecule has 1 aromatic heterocycles. The number of unbranched alkanes of at least 4 members (excludes halogenated alkanes) is 3. The van der Waals surface area contributed by atoms with Gasteiger partial charge in [0.2, 0.25) is 11.9 Å². The third-order valence-corrected chi connectivity index (χ3v) is 7.13. The SMILES string of the molecule is CCCCCCC(=O)N1CCN(c2nc(CN3CCN(c4cccc(OC)c4)CC3)cc(=O)[nH]2)CC1. The lowest BCUT2D eigenvalue weighted by molar-refractivity contribution is -0.131. The number of amides is 1. The molecule has 0 radical (unpaired) electrons. The number of anilines is 2. The molecule has 0 aliphatic carbocycles. The second kappa shape index (κ2) is 12.8. The summed E-state index contributed by atoms with van der Waals surface area (Å²) in [5.74, 6) is 1.73. The Morgan fingerprint density at radius 2 is 1.72 bits per heavy atom. The molecule has 2 fully saturated rings. The minimum absolute atomic E-state index is 0.126. The first-order chi connectivity index (χ1) is 17.6. The monoisotopic (exact) mass is 496 g/mol. The van der Waals surface area contributed by atoms with Crippen molar-refractivity contribution in [1.29, 1.82) is 0 Å². The number of hydrogen-bond donors (Lipinski definition) is 1. The molecule has 4 rings (SSSR count). The quantitative estimate of drug-likeness (QED) is 0.506. The van der Waals surface area contributed by atoms with Gasteiger partial charge in [-0.15, -0.1) is 0 Å². The Balaban J connectivity index is 1.28. The lowest BCUT2D eigenvalue weighted by Gasteiger charge is -2.36. The Labute approximate surface area is 214 Å². The van der Waals surface area contributed by atoms with Crippen molar-refractivity contribution in [3.05, 3.63) is 46.4 Å². The van der Waals surface area contributed by atoms with E-state index in [1.807, 2.05) is 17.0 Å². The van der Waals surface area contributed by atoms with Crippen LogP contribution in [0.15, 0.2) is 35.1 Å². The van der Waals surface area contributed by atoms with Crippen molar-refractivity contribution in [3.8, 4) is 5.75 Å². The molecule has 0 atom stereocenters. The number of aromatic amines is 1. The van der Waals surface area contributed by atoms with Gasteiger partial charge in [0.1, 0.15) is 5.75 Å². The molecule has 2 saturated heterocycles. The van der Waals surface area contributed by atoms with Gasteiger partial charge in [-0.05, 0) is 18.6 Å². The van der Waals surface area contributed by atoms with Crippen LogP contribution in [0.25, 0.3) is 0 Å². The van der Waals surface area contributed by atoms with E-state index in [0.717, 1.165) is 50.5 Å². The molecule has 2 aromatic rings. The number of nitrogens with one attached hydrogen (secondary N) is 1. The highest BCUT2D eigenvalue weighted by atomic mass is 16.5. The molecule has 2 aliphatic rings. The minimum atomic E-state index is -0.126. The van der Waals surface area contributed by atoms with E-state index in [9.17, 15) is 9.59 Å². The third-order valence-electron chi connectivity index (χ3n) is 7.13. The van der Waals surface area contributed by atoms with Gasteiger partial charge in [-0.1, -0.05) is 32.3 Å². The smallest absolute Gasteiger partial charge is 0.252 e. The van der Waals surface area contributed by atoms with Gasteiger partial charge >= 0.3 is 0 Å². The van der Waals surface area contributed by atoms with Crippen LogP contribution in [0, 0.1) is 0 Å². The van der Waals surface area contributed by atoms with Crippen molar-refractivity contribution < 1.29 is 9.53 Å². The van der Waals surface area contributed by atoms with Crippen LogP contribution in [-0.4, -0.2) is 85.1 Å². The molecular formula is C27H40N6O3. The molecule has 1 amide bonds. The zero-order chi connectivity index (χ0) is 25.3. The predicted octanol–water partition coefficient (Wildman–Crippen LogP) is 2.72. The van der Waals surface area contributed by atoms with E-state index in [-0.39, 0.29) is 11.5 Å². The summed E-state index contributed by atoms with van der Waals surface area (Å²) in [6.07, 6.45) is 5.09. The number of aromatic nitrogens is 2. The van der Waals surface area contributed by atoms with E-state index in [1.165, 1.54) is 18.5 Å². The van der Waals surface area contributed by atoms with Crippen LogP contribution in [0.5, 0.6) is 5.75 Å². The van der Waals surface area contributed by atoms with Gasteiger partial charge in [0, 0.05) is 83.1 Å². The summed E-state index contributed by atoms with van der Waals surface area (Å²) in [6.45, 7) is 9.19. The third kappa shape index (κ3) is 7.00. The summed E-state index contributed by atoms with van der Waals surface area (Å²) in [5, 5.41) is 0. The minimum Gasteiger partial charge on any atom is -0.497 e. The largest absolute Gasteiger partial charge is 0.497 e. The summed E-state index contributed by atoms with van der Waals surface area (Å²) in [4.78, 5) is 41.3. The molecule has 196 valence electrons. The Morgan fingerprint density at radius 1 is 0.972 bits per heavy atom. The summed E-state index contributed by atoms with van der Waals surface area (Å²) in [7, 11) is 1.69. The molecule has 36 heavy (non-hydrogen) atoms. The number of hydrogen-bond acceptors (Lipinski definition) is 7. The van der Waals surface area contributed by atoms with Gasteiger partial charge < -0.3 is 19.4 Å². The maximum atomic E-state index is 12.5. The number of methoxy groups -OCH3 is 1. The molecule has 0 saturated carbocycles. The van der Waals surface area contributed by atoms with E-state index >= 15 is 0 Å². The molecular weight excluding hydrogens is 456 g/mol. The average Bonchev–Trinajstić information content (AvgIpc) is 2.91. The van der Waals surface area contributed by atoms with Gasteiger partial charge in [-0.3, -0.25) is 19.5 Å². The highest BCUT2D eigenvalue weighted by Crippen LogP contribution is 2.22. The Hall–Kier alpha value is -3.07. The molecule has 1 N–H and O–H groups in total. The number of piperazine rings is 2. The van der Waals surface area contributed by atoms with Gasteiger partial charge in [-0.2, -0.15) is 0 Å².